The molecule has 0 atom stereocenters. The Hall–Kier alpha value is -1.91. The van der Waals surface area contributed by atoms with Gasteiger partial charge in [-0.2, -0.15) is 0 Å². The molecule has 0 bridgehead atoms. The second-order valence-corrected chi connectivity index (χ2v) is 8.23. The van der Waals surface area contributed by atoms with Gasteiger partial charge in [0.15, 0.2) is 0 Å². The predicted octanol–water partition coefficient (Wildman–Crippen LogP) is 4.42. The van der Waals surface area contributed by atoms with Crippen LogP contribution in [0.4, 0.5) is 0 Å². The molecule has 128 valence electrons. The fraction of sp³-hybridized carbons (Fsp3) is 0.300. The fourth-order valence-electron chi connectivity index (χ4n) is 2.41. The first kappa shape index (κ1) is 18.4. The van der Waals surface area contributed by atoms with Crippen LogP contribution in [0.5, 0.6) is 0 Å². The summed E-state index contributed by atoms with van der Waals surface area (Å²) in [4.78, 5) is 0.342. The summed E-state index contributed by atoms with van der Waals surface area (Å²) in [5.41, 5.74) is 4.62. The lowest BCUT2D eigenvalue weighted by atomic mass is 10.0. The average molecular weight is 343 g/mol. The molecule has 3 nitrogen and oxygen atoms in total. The van der Waals surface area contributed by atoms with E-state index in [2.05, 4.69) is 44.2 Å². The summed E-state index contributed by atoms with van der Waals surface area (Å²) in [5.74, 6) is 0. The van der Waals surface area contributed by atoms with Crippen molar-refractivity contribution in [1.82, 2.24) is 4.31 Å². The van der Waals surface area contributed by atoms with Crippen LogP contribution in [0.15, 0.2) is 59.5 Å². The van der Waals surface area contributed by atoms with Crippen LogP contribution in [0.2, 0.25) is 0 Å². The van der Waals surface area contributed by atoms with Crippen molar-refractivity contribution in [3.05, 3.63) is 71.3 Å². The third-order valence-electron chi connectivity index (χ3n) is 4.13. The molecule has 0 aromatic heterocycles. The molecule has 0 N–H and O–H groups in total. The molecule has 0 unspecified atom stereocenters. The van der Waals surface area contributed by atoms with E-state index in [1.165, 1.54) is 15.4 Å². The number of hydrogen-bond acceptors (Lipinski definition) is 2. The quantitative estimate of drug-likeness (QED) is 0.779. The van der Waals surface area contributed by atoms with E-state index in [0.717, 1.165) is 11.1 Å². The molecular weight excluding hydrogens is 318 g/mol. The molecule has 4 heteroatoms. The summed E-state index contributed by atoms with van der Waals surface area (Å²) in [6, 6.07) is 15.3. The molecule has 0 aliphatic rings. The van der Waals surface area contributed by atoms with Crippen LogP contribution >= 0.6 is 0 Å². The number of rotatable bonds is 6. The van der Waals surface area contributed by atoms with E-state index >= 15 is 0 Å². The van der Waals surface area contributed by atoms with Crippen LogP contribution in [0.3, 0.4) is 0 Å². The van der Waals surface area contributed by atoms with E-state index in [0.29, 0.717) is 17.9 Å². The van der Waals surface area contributed by atoms with E-state index in [4.69, 9.17) is 0 Å². The molecular formula is C20H25NO2S. The van der Waals surface area contributed by atoms with Gasteiger partial charge in [0.25, 0.3) is 0 Å². The van der Waals surface area contributed by atoms with Crippen LogP contribution in [0.25, 0.3) is 5.57 Å². The van der Waals surface area contributed by atoms with Crippen molar-refractivity contribution in [2.24, 2.45) is 0 Å². The smallest absolute Gasteiger partial charge is 0.207 e. The lowest BCUT2D eigenvalue weighted by Gasteiger charge is -2.16. The third kappa shape index (κ3) is 4.56. The highest BCUT2D eigenvalue weighted by molar-refractivity contribution is 7.89. The molecule has 0 saturated carbocycles. The highest BCUT2D eigenvalue weighted by Crippen LogP contribution is 2.17. The van der Waals surface area contributed by atoms with Crippen molar-refractivity contribution >= 4 is 15.6 Å². The van der Waals surface area contributed by atoms with Gasteiger partial charge in [0.05, 0.1) is 4.90 Å². The molecule has 0 spiro atoms. The topological polar surface area (TPSA) is 37.4 Å². The van der Waals surface area contributed by atoms with Crippen LogP contribution < -0.4 is 0 Å². The average Bonchev–Trinajstić information content (AvgIpc) is 2.55. The maximum Gasteiger partial charge on any atom is 0.242 e. The summed E-state index contributed by atoms with van der Waals surface area (Å²) in [6.07, 6.45) is 2.77. The zero-order valence-electron chi connectivity index (χ0n) is 14.8. The summed E-state index contributed by atoms with van der Waals surface area (Å²) >= 11 is 0. The Morgan fingerprint density at radius 1 is 0.958 bits per heavy atom. The van der Waals surface area contributed by atoms with E-state index < -0.39 is 10.0 Å². The summed E-state index contributed by atoms with van der Waals surface area (Å²) in [7, 11) is -1.79. The number of sulfonamides is 1. The normalized spacial score (nSPS) is 12.6. The Labute approximate surface area is 145 Å². The van der Waals surface area contributed by atoms with Gasteiger partial charge in [0.2, 0.25) is 10.0 Å². The maximum atomic E-state index is 12.5. The Morgan fingerprint density at radius 3 is 2.00 bits per heavy atom. The maximum absolute atomic E-state index is 12.5. The van der Waals surface area contributed by atoms with Crippen LogP contribution in [0.1, 0.15) is 30.0 Å². The molecule has 2 aromatic carbocycles. The van der Waals surface area contributed by atoms with Crippen molar-refractivity contribution < 1.29 is 8.42 Å². The van der Waals surface area contributed by atoms with Crippen LogP contribution in [0, 0.1) is 13.8 Å². The van der Waals surface area contributed by atoms with Gasteiger partial charge in [-0.3, -0.25) is 0 Å². The molecule has 24 heavy (non-hydrogen) atoms. The van der Waals surface area contributed by atoms with Crippen molar-refractivity contribution in [2.45, 2.75) is 32.1 Å². The highest BCUT2D eigenvalue weighted by atomic mass is 32.2. The zero-order valence-corrected chi connectivity index (χ0v) is 15.6. The largest absolute Gasteiger partial charge is 0.242 e. The van der Waals surface area contributed by atoms with Crippen molar-refractivity contribution in [3.63, 3.8) is 0 Å². The van der Waals surface area contributed by atoms with Gasteiger partial charge < -0.3 is 0 Å². The predicted molar refractivity (Wildman–Crippen MR) is 100 cm³/mol. The first-order valence-electron chi connectivity index (χ1n) is 8.07. The molecule has 0 aliphatic carbocycles. The molecule has 0 aliphatic heterocycles. The van der Waals surface area contributed by atoms with E-state index in [1.807, 2.05) is 19.1 Å². The summed E-state index contributed by atoms with van der Waals surface area (Å²) < 4.78 is 26.5. The number of allylic oxidation sites excluding steroid dienone is 1. The first-order valence-corrected chi connectivity index (χ1v) is 9.51. The minimum absolute atomic E-state index is 0.342. The Morgan fingerprint density at radius 2 is 1.46 bits per heavy atom. The van der Waals surface area contributed by atoms with Crippen LogP contribution in [-0.2, 0) is 10.0 Å². The lowest BCUT2D eigenvalue weighted by Crippen LogP contribution is -2.27. The van der Waals surface area contributed by atoms with Crippen molar-refractivity contribution in [3.8, 4) is 0 Å². The van der Waals surface area contributed by atoms with Gasteiger partial charge in [-0.25, -0.2) is 12.7 Å². The SMILES string of the molecule is C/C(=C\CCN(C)S(=O)(=O)c1ccc(C)cc1)c1ccc(C)cc1. The molecule has 2 rings (SSSR count). The number of nitrogens with zero attached hydrogens (tertiary/aromatic N) is 1. The fourth-order valence-corrected chi connectivity index (χ4v) is 3.59. The molecule has 0 saturated heterocycles. The Kier molecular flexibility index (Phi) is 5.97. The first-order chi connectivity index (χ1) is 11.3. The van der Waals surface area contributed by atoms with Gasteiger partial charge >= 0.3 is 0 Å². The molecule has 0 amide bonds. The minimum Gasteiger partial charge on any atom is -0.207 e. The molecule has 2 aromatic rings. The highest BCUT2D eigenvalue weighted by Gasteiger charge is 2.19. The van der Waals surface area contributed by atoms with Crippen molar-refractivity contribution in [2.75, 3.05) is 13.6 Å². The summed E-state index contributed by atoms with van der Waals surface area (Å²) in [5, 5.41) is 0. The minimum atomic E-state index is -3.42. The van der Waals surface area contributed by atoms with E-state index in [-0.39, 0.29) is 0 Å². The molecule has 0 radical (unpaired) electrons. The molecule has 0 fully saturated rings. The van der Waals surface area contributed by atoms with Gasteiger partial charge in [0.1, 0.15) is 0 Å². The Balaban J connectivity index is 2.01. The third-order valence-corrected chi connectivity index (χ3v) is 6.00. The Bertz CT molecular complexity index is 804. The van der Waals surface area contributed by atoms with Gasteiger partial charge in [-0.15, -0.1) is 0 Å². The lowest BCUT2D eigenvalue weighted by molar-refractivity contribution is 0.475. The van der Waals surface area contributed by atoms with Crippen molar-refractivity contribution in [1.29, 1.82) is 0 Å². The second kappa shape index (κ2) is 7.77. The second-order valence-electron chi connectivity index (χ2n) is 6.18. The number of hydrogen-bond donors (Lipinski definition) is 0. The van der Waals surface area contributed by atoms with E-state index in [9.17, 15) is 8.42 Å². The van der Waals surface area contributed by atoms with Gasteiger partial charge in [-0.1, -0.05) is 53.6 Å². The van der Waals surface area contributed by atoms with E-state index in [1.54, 1.807) is 19.2 Å². The number of aryl methyl sites for hydroxylation is 2. The monoisotopic (exact) mass is 343 g/mol. The molecule has 0 heterocycles. The van der Waals surface area contributed by atoms with Gasteiger partial charge in [-0.05, 0) is 50.5 Å². The standard InChI is InChI=1S/C20H25NO2S/c1-16-7-11-19(12-8-16)18(3)6-5-15-21(4)24(22,23)20-13-9-17(2)10-14-20/h6-14H,5,15H2,1-4H3/b18-6+. The van der Waals surface area contributed by atoms with Gasteiger partial charge in [0, 0.05) is 13.6 Å². The number of benzene rings is 2. The summed E-state index contributed by atoms with van der Waals surface area (Å²) in [6.45, 7) is 6.52. The zero-order chi connectivity index (χ0) is 17.7. The van der Waals surface area contributed by atoms with Crippen LogP contribution in [-0.4, -0.2) is 26.3 Å².